The zero-order chi connectivity index (χ0) is 5.84. The van der Waals surface area contributed by atoms with Crippen LogP contribution >= 0.6 is 0 Å². The Morgan fingerprint density at radius 2 is 1.33 bits per heavy atom. The summed E-state index contributed by atoms with van der Waals surface area (Å²) >= 11 is 0. The first-order valence-corrected chi connectivity index (χ1v) is 4.10. The molecule has 1 aliphatic carbocycles. The standard InChI is InChI=1S/C8H12O/c1-2-6-5(1)7-3-4-8(6)9-7/h5-8H,1-4H2. The van der Waals surface area contributed by atoms with Gasteiger partial charge < -0.3 is 4.74 Å². The Balaban J connectivity index is 1.94. The average molecular weight is 124 g/mol. The topological polar surface area (TPSA) is 9.23 Å². The summed E-state index contributed by atoms with van der Waals surface area (Å²) in [6.45, 7) is 0. The van der Waals surface area contributed by atoms with Crippen molar-refractivity contribution in [2.75, 3.05) is 0 Å². The maximum atomic E-state index is 5.76. The van der Waals surface area contributed by atoms with E-state index in [1.165, 1.54) is 25.7 Å². The van der Waals surface area contributed by atoms with Crippen LogP contribution in [0.4, 0.5) is 0 Å². The zero-order valence-electron chi connectivity index (χ0n) is 5.55. The van der Waals surface area contributed by atoms with Gasteiger partial charge in [0.15, 0.2) is 0 Å². The lowest BCUT2D eigenvalue weighted by atomic mass is 9.66. The second-order valence-corrected chi connectivity index (χ2v) is 3.70. The molecule has 2 heterocycles. The largest absolute Gasteiger partial charge is 0.374 e. The third kappa shape index (κ3) is 0.420. The SMILES string of the molecule is C1CC2OC1C1CCC21. The summed E-state index contributed by atoms with van der Waals surface area (Å²) in [6.07, 6.45) is 7.07. The van der Waals surface area contributed by atoms with E-state index >= 15 is 0 Å². The molecule has 0 aromatic rings. The highest BCUT2D eigenvalue weighted by Crippen LogP contribution is 2.53. The van der Waals surface area contributed by atoms with Gasteiger partial charge in [-0.05, 0) is 37.5 Å². The fraction of sp³-hybridized carbons (Fsp3) is 1.00. The van der Waals surface area contributed by atoms with Crippen LogP contribution in [0.1, 0.15) is 25.7 Å². The predicted octanol–water partition coefficient (Wildman–Crippen LogP) is 1.57. The smallest absolute Gasteiger partial charge is 0.0611 e. The van der Waals surface area contributed by atoms with Crippen LogP contribution < -0.4 is 0 Å². The number of fused-ring (bicyclic) bond motifs is 5. The molecule has 1 saturated carbocycles. The van der Waals surface area contributed by atoms with Crippen LogP contribution in [0, 0.1) is 11.8 Å². The molecular formula is C8H12O. The first kappa shape index (κ1) is 4.73. The second-order valence-electron chi connectivity index (χ2n) is 3.70. The molecule has 0 N–H and O–H groups in total. The molecule has 2 saturated heterocycles. The normalized spacial score (nSPS) is 61.3. The Kier molecular flexibility index (Phi) is 0.704. The van der Waals surface area contributed by atoms with E-state index in [0.717, 1.165) is 11.8 Å². The van der Waals surface area contributed by atoms with E-state index < -0.39 is 0 Å². The minimum atomic E-state index is 0.703. The molecule has 2 aliphatic heterocycles. The first-order valence-electron chi connectivity index (χ1n) is 4.10. The van der Waals surface area contributed by atoms with Gasteiger partial charge >= 0.3 is 0 Å². The third-order valence-corrected chi connectivity index (χ3v) is 3.42. The quantitative estimate of drug-likeness (QED) is 0.476. The first-order chi connectivity index (χ1) is 4.45. The number of hydrogen-bond donors (Lipinski definition) is 0. The second kappa shape index (κ2) is 1.34. The highest BCUT2D eigenvalue weighted by molar-refractivity contribution is 5.01. The van der Waals surface area contributed by atoms with Gasteiger partial charge in [-0.25, -0.2) is 0 Å². The Bertz CT molecular complexity index is 124. The maximum absolute atomic E-state index is 5.76. The van der Waals surface area contributed by atoms with E-state index in [1.54, 1.807) is 0 Å². The van der Waals surface area contributed by atoms with E-state index in [2.05, 4.69) is 0 Å². The minimum absolute atomic E-state index is 0.703. The van der Waals surface area contributed by atoms with Gasteiger partial charge in [0.1, 0.15) is 0 Å². The molecule has 0 aromatic heterocycles. The molecule has 0 radical (unpaired) electrons. The van der Waals surface area contributed by atoms with Crippen LogP contribution in [0.25, 0.3) is 0 Å². The molecule has 3 fully saturated rings. The van der Waals surface area contributed by atoms with Gasteiger partial charge in [0.05, 0.1) is 12.2 Å². The van der Waals surface area contributed by atoms with Crippen molar-refractivity contribution in [2.45, 2.75) is 37.9 Å². The van der Waals surface area contributed by atoms with Crippen LogP contribution in [-0.2, 0) is 4.74 Å². The molecule has 50 valence electrons. The van der Waals surface area contributed by atoms with Crippen molar-refractivity contribution in [2.24, 2.45) is 11.8 Å². The lowest BCUT2D eigenvalue weighted by molar-refractivity contribution is 0.0939. The van der Waals surface area contributed by atoms with Gasteiger partial charge in [-0.3, -0.25) is 0 Å². The van der Waals surface area contributed by atoms with Crippen molar-refractivity contribution in [3.8, 4) is 0 Å². The molecule has 1 heteroatoms. The van der Waals surface area contributed by atoms with Crippen LogP contribution in [0.3, 0.4) is 0 Å². The highest BCUT2D eigenvalue weighted by Gasteiger charge is 2.53. The van der Waals surface area contributed by atoms with Crippen molar-refractivity contribution in [3.63, 3.8) is 0 Å². The summed E-state index contributed by atoms with van der Waals surface area (Å²) in [4.78, 5) is 0. The average Bonchev–Trinajstić information content (AvgIpc) is 2.18. The van der Waals surface area contributed by atoms with E-state index in [-0.39, 0.29) is 0 Å². The van der Waals surface area contributed by atoms with Gasteiger partial charge in [0.2, 0.25) is 0 Å². The summed E-state index contributed by atoms with van der Waals surface area (Å²) < 4.78 is 5.76. The molecule has 4 unspecified atom stereocenters. The van der Waals surface area contributed by atoms with Crippen LogP contribution in [0.2, 0.25) is 0 Å². The Hall–Kier alpha value is -0.0400. The molecule has 3 rings (SSSR count). The molecule has 0 aromatic carbocycles. The van der Waals surface area contributed by atoms with Gasteiger partial charge in [-0.2, -0.15) is 0 Å². The highest BCUT2D eigenvalue weighted by atomic mass is 16.5. The summed E-state index contributed by atoms with van der Waals surface area (Å²) in [5.41, 5.74) is 0. The van der Waals surface area contributed by atoms with E-state index in [4.69, 9.17) is 4.74 Å². The fourth-order valence-electron chi connectivity index (χ4n) is 2.79. The van der Waals surface area contributed by atoms with Crippen molar-refractivity contribution >= 4 is 0 Å². The monoisotopic (exact) mass is 124 g/mol. The summed E-state index contributed by atoms with van der Waals surface area (Å²) in [5, 5.41) is 0. The van der Waals surface area contributed by atoms with Gasteiger partial charge in [-0.1, -0.05) is 0 Å². The number of ether oxygens (including phenoxy) is 1. The van der Waals surface area contributed by atoms with Gasteiger partial charge in [0.25, 0.3) is 0 Å². The fourth-order valence-corrected chi connectivity index (χ4v) is 2.79. The van der Waals surface area contributed by atoms with Crippen LogP contribution in [0.5, 0.6) is 0 Å². The Labute approximate surface area is 55.4 Å². The maximum Gasteiger partial charge on any atom is 0.0611 e. The van der Waals surface area contributed by atoms with Crippen LogP contribution in [0.15, 0.2) is 0 Å². The lowest BCUT2D eigenvalue weighted by Gasteiger charge is -2.36. The van der Waals surface area contributed by atoms with Crippen molar-refractivity contribution in [1.82, 2.24) is 0 Å². The van der Waals surface area contributed by atoms with E-state index in [1.807, 2.05) is 0 Å². The van der Waals surface area contributed by atoms with Gasteiger partial charge in [0, 0.05) is 0 Å². The molecule has 1 nitrogen and oxygen atoms in total. The Morgan fingerprint density at radius 3 is 1.67 bits per heavy atom. The third-order valence-electron chi connectivity index (χ3n) is 3.42. The molecule has 4 atom stereocenters. The molecule has 0 spiro atoms. The van der Waals surface area contributed by atoms with E-state index in [9.17, 15) is 0 Å². The molecule has 3 aliphatic rings. The lowest BCUT2D eigenvalue weighted by Crippen LogP contribution is -2.35. The van der Waals surface area contributed by atoms with E-state index in [0.29, 0.717) is 12.2 Å². The Morgan fingerprint density at radius 1 is 0.778 bits per heavy atom. The summed E-state index contributed by atoms with van der Waals surface area (Å²) in [7, 11) is 0. The van der Waals surface area contributed by atoms with Crippen molar-refractivity contribution in [1.29, 1.82) is 0 Å². The molecule has 2 bridgehead atoms. The van der Waals surface area contributed by atoms with Crippen LogP contribution in [-0.4, -0.2) is 12.2 Å². The molecule has 9 heavy (non-hydrogen) atoms. The minimum Gasteiger partial charge on any atom is -0.374 e. The molecular weight excluding hydrogens is 112 g/mol. The predicted molar refractivity (Wildman–Crippen MR) is 34.1 cm³/mol. The molecule has 0 amide bonds. The van der Waals surface area contributed by atoms with Gasteiger partial charge in [-0.15, -0.1) is 0 Å². The summed E-state index contributed by atoms with van der Waals surface area (Å²) in [6, 6.07) is 0. The zero-order valence-corrected chi connectivity index (χ0v) is 5.55. The summed E-state index contributed by atoms with van der Waals surface area (Å²) in [5.74, 6) is 2.01. The number of hydrogen-bond acceptors (Lipinski definition) is 1. The van der Waals surface area contributed by atoms with Crippen molar-refractivity contribution in [3.05, 3.63) is 0 Å². The van der Waals surface area contributed by atoms with Crippen molar-refractivity contribution < 1.29 is 4.74 Å². The number of rotatable bonds is 0.